The number of benzene rings is 2. The van der Waals surface area contributed by atoms with Crippen molar-refractivity contribution in [2.45, 2.75) is 12.8 Å². The molecule has 6 nitrogen and oxygen atoms in total. The number of carbonyl (C=O) groups excluding carboxylic acids is 1. The summed E-state index contributed by atoms with van der Waals surface area (Å²) in [5, 5.41) is 11.6. The Morgan fingerprint density at radius 3 is 2.61 bits per heavy atom. The molecule has 1 atom stereocenters. The molecule has 31 heavy (non-hydrogen) atoms. The van der Waals surface area contributed by atoms with E-state index in [-0.39, 0.29) is 17.6 Å². The molecule has 0 spiro atoms. The average molecular weight is 420 g/mol. The maximum absolute atomic E-state index is 13.1. The lowest BCUT2D eigenvalue weighted by molar-refractivity contribution is -0.125. The van der Waals surface area contributed by atoms with Gasteiger partial charge in [-0.3, -0.25) is 4.79 Å². The van der Waals surface area contributed by atoms with Gasteiger partial charge in [0.15, 0.2) is 5.82 Å². The molecule has 2 heterocycles. The number of rotatable bonds is 7. The highest BCUT2D eigenvalue weighted by molar-refractivity contribution is 5.79. The lowest BCUT2D eigenvalue weighted by Gasteiger charge is -2.32. The fourth-order valence-electron chi connectivity index (χ4n) is 3.67. The molecule has 2 aromatic carbocycles. The largest absolute Gasteiger partial charge is 0.492 e. The van der Waals surface area contributed by atoms with Crippen LogP contribution in [0.2, 0.25) is 0 Å². The van der Waals surface area contributed by atoms with Crippen molar-refractivity contribution in [2.24, 2.45) is 5.92 Å². The average Bonchev–Trinajstić information content (AvgIpc) is 2.83. The molecule has 4 rings (SSSR count). The van der Waals surface area contributed by atoms with E-state index in [1.807, 2.05) is 42.5 Å². The SMILES string of the molecule is O=C(NCCOc1ccccc1)C1CCCN(c2ccc(-c3ccc(F)cc3)nn2)C1. The maximum atomic E-state index is 13.1. The monoisotopic (exact) mass is 420 g/mol. The second-order valence-corrected chi connectivity index (χ2v) is 7.52. The lowest BCUT2D eigenvalue weighted by atomic mass is 9.97. The van der Waals surface area contributed by atoms with Crippen molar-refractivity contribution in [1.29, 1.82) is 0 Å². The standard InChI is InChI=1S/C24H25FN4O2/c25-20-10-8-18(9-11-20)22-12-13-23(28-27-22)29-15-4-5-19(17-29)24(30)26-14-16-31-21-6-2-1-3-7-21/h1-3,6-13,19H,4-5,14-17H2,(H,26,30). The molecule has 3 aromatic rings. The van der Waals surface area contributed by atoms with Crippen molar-refractivity contribution >= 4 is 11.7 Å². The van der Waals surface area contributed by atoms with Crippen molar-refractivity contribution in [3.8, 4) is 17.0 Å². The Morgan fingerprint density at radius 1 is 1.06 bits per heavy atom. The highest BCUT2D eigenvalue weighted by Crippen LogP contribution is 2.23. The van der Waals surface area contributed by atoms with Gasteiger partial charge in [0, 0.05) is 18.7 Å². The van der Waals surface area contributed by atoms with Crippen LogP contribution in [0.1, 0.15) is 12.8 Å². The summed E-state index contributed by atoms with van der Waals surface area (Å²) >= 11 is 0. The van der Waals surface area contributed by atoms with E-state index in [0.29, 0.717) is 25.4 Å². The normalized spacial score (nSPS) is 16.0. The fourth-order valence-corrected chi connectivity index (χ4v) is 3.67. The summed E-state index contributed by atoms with van der Waals surface area (Å²) in [6.07, 6.45) is 1.77. The Bertz CT molecular complexity index is 981. The van der Waals surface area contributed by atoms with E-state index in [2.05, 4.69) is 20.4 Å². The highest BCUT2D eigenvalue weighted by atomic mass is 19.1. The van der Waals surface area contributed by atoms with E-state index < -0.39 is 0 Å². The quantitative estimate of drug-likeness (QED) is 0.591. The first kappa shape index (κ1) is 20.8. The second kappa shape index (κ2) is 10.0. The molecule has 7 heteroatoms. The molecule has 1 unspecified atom stereocenters. The van der Waals surface area contributed by atoms with Crippen molar-refractivity contribution in [3.05, 3.63) is 72.5 Å². The molecule has 1 aromatic heterocycles. The molecular weight excluding hydrogens is 395 g/mol. The summed E-state index contributed by atoms with van der Waals surface area (Å²) in [6.45, 7) is 2.35. The Hall–Kier alpha value is -3.48. The van der Waals surface area contributed by atoms with Crippen LogP contribution >= 0.6 is 0 Å². The number of nitrogens with zero attached hydrogens (tertiary/aromatic N) is 3. The smallest absolute Gasteiger partial charge is 0.225 e. The number of halogens is 1. The molecule has 1 amide bonds. The second-order valence-electron chi connectivity index (χ2n) is 7.52. The highest BCUT2D eigenvalue weighted by Gasteiger charge is 2.26. The summed E-state index contributed by atoms with van der Waals surface area (Å²) in [5.41, 5.74) is 1.50. The Kier molecular flexibility index (Phi) is 6.72. The minimum Gasteiger partial charge on any atom is -0.492 e. The van der Waals surface area contributed by atoms with Crippen molar-refractivity contribution in [2.75, 3.05) is 31.1 Å². The number of hydrogen-bond acceptors (Lipinski definition) is 5. The number of carbonyl (C=O) groups is 1. The summed E-state index contributed by atoms with van der Waals surface area (Å²) in [7, 11) is 0. The molecule has 1 aliphatic rings. The van der Waals surface area contributed by atoms with E-state index in [1.54, 1.807) is 12.1 Å². The molecule has 1 N–H and O–H groups in total. The minimum atomic E-state index is -0.280. The van der Waals surface area contributed by atoms with Gasteiger partial charge < -0.3 is 15.0 Å². The molecule has 0 aliphatic carbocycles. The molecule has 1 aliphatic heterocycles. The van der Waals surface area contributed by atoms with E-state index in [0.717, 1.165) is 36.5 Å². The number of piperidine rings is 1. The maximum Gasteiger partial charge on any atom is 0.225 e. The first-order valence-corrected chi connectivity index (χ1v) is 10.5. The van der Waals surface area contributed by atoms with Crippen molar-refractivity contribution < 1.29 is 13.9 Å². The van der Waals surface area contributed by atoms with Gasteiger partial charge in [-0.2, -0.15) is 0 Å². The molecule has 0 saturated carbocycles. The summed E-state index contributed by atoms with van der Waals surface area (Å²) in [5.74, 6) is 1.21. The number of nitrogens with one attached hydrogen (secondary N) is 1. The van der Waals surface area contributed by atoms with Crippen LogP contribution in [0.4, 0.5) is 10.2 Å². The molecule has 0 bridgehead atoms. The number of amides is 1. The van der Waals surface area contributed by atoms with Gasteiger partial charge in [0.2, 0.25) is 5.91 Å². The molecule has 1 saturated heterocycles. The van der Waals surface area contributed by atoms with Gasteiger partial charge in [-0.1, -0.05) is 18.2 Å². The Morgan fingerprint density at radius 2 is 1.87 bits per heavy atom. The van der Waals surface area contributed by atoms with E-state index >= 15 is 0 Å². The van der Waals surface area contributed by atoms with Crippen molar-refractivity contribution in [1.82, 2.24) is 15.5 Å². The van der Waals surface area contributed by atoms with Crippen LogP contribution in [0.3, 0.4) is 0 Å². The third kappa shape index (κ3) is 5.57. The molecule has 160 valence electrons. The number of hydrogen-bond donors (Lipinski definition) is 1. The van der Waals surface area contributed by atoms with Crippen LogP contribution in [0.5, 0.6) is 5.75 Å². The number of ether oxygens (including phenoxy) is 1. The Labute approximate surface area is 181 Å². The topological polar surface area (TPSA) is 67.3 Å². The Balaban J connectivity index is 1.28. The molecular formula is C24H25FN4O2. The minimum absolute atomic E-state index is 0.0391. The van der Waals surface area contributed by atoms with Crippen LogP contribution in [0, 0.1) is 11.7 Å². The number of anilines is 1. The zero-order chi connectivity index (χ0) is 21.5. The van der Waals surface area contributed by atoms with Gasteiger partial charge in [-0.15, -0.1) is 10.2 Å². The predicted octanol–water partition coefficient (Wildman–Crippen LogP) is 3.69. The van der Waals surface area contributed by atoms with Crippen LogP contribution in [-0.2, 0) is 4.79 Å². The first-order valence-electron chi connectivity index (χ1n) is 10.5. The van der Waals surface area contributed by atoms with E-state index in [9.17, 15) is 9.18 Å². The zero-order valence-electron chi connectivity index (χ0n) is 17.2. The van der Waals surface area contributed by atoms with E-state index in [1.165, 1.54) is 12.1 Å². The fraction of sp³-hybridized carbons (Fsp3) is 0.292. The summed E-state index contributed by atoms with van der Waals surface area (Å²) < 4.78 is 18.7. The predicted molar refractivity (Wildman–Crippen MR) is 117 cm³/mol. The van der Waals surface area contributed by atoms with Gasteiger partial charge >= 0.3 is 0 Å². The van der Waals surface area contributed by atoms with Gasteiger partial charge in [-0.05, 0) is 61.4 Å². The van der Waals surface area contributed by atoms with E-state index in [4.69, 9.17) is 4.74 Å². The summed E-state index contributed by atoms with van der Waals surface area (Å²) in [4.78, 5) is 14.7. The van der Waals surface area contributed by atoms with Crippen molar-refractivity contribution in [3.63, 3.8) is 0 Å². The van der Waals surface area contributed by atoms with Crippen LogP contribution in [0.15, 0.2) is 66.7 Å². The zero-order valence-corrected chi connectivity index (χ0v) is 17.2. The lowest BCUT2D eigenvalue weighted by Crippen LogP contribution is -2.44. The number of para-hydroxylation sites is 1. The van der Waals surface area contributed by atoms with Gasteiger partial charge in [0.1, 0.15) is 18.2 Å². The van der Waals surface area contributed by atoms with Crippen LogP contribution in [-0.4, -0.2) is 42.3 Å². The molecule has 0 radical (unpaired) electrons. The van der Waals surface area contributed by atoms with Gasteiger partial charge in [0.25, 0.3) is 0 Å². The third-order valence-electron chi connectivity index (χ3n) is 5.32. The molecule has 1 fully saturated rings. The number of aromatic nitrogens is 2. The van der Waals surface area contributed by atoms with Crippen LogP contribution < -0.4 is 15.0 Å². The third-order valence-corrected chi connectivity index (χ3v) is 5.32. The van der Waals surface area contributed by atoms with Gasteiger partial charge in [0.05, 0.1) is 18.2 Å². The van der Waals surface area contributed by atoms with Gasteiger partial charge in [-0.25, -0.2) is 4.39 Å². The summed E-state index contributed by atoms with van der Waals surface area (Å²) in [6, 6.07) is 19.5. The first-order chi connectivity index (χ1) is 15.2. The van der Waals surface area contributed by atoms with Crippen LogP contribution in [0.25, 0.3) is 11.3 Å².